The van der Waals surface area contributed by atoms with Crippen molar-refractivity contribution < 1.29 is 0 Å². The van der Waals surface area contributed by atoms with Crippen molar-refractivity contribution in [3.63, 3.8) is 0 Å². The molecule has 86 valence electrons. The number of benzene rings is 1. The number of anilines is 1. The maximum atomic E-state index is 8.82. The summed E-state index contributed by atoms with van der Waals surface area (Å²) < 4.78 is 1.94. The monoisotopic (exact) mass is 370 g/mol. The van der Waals surface area contributed by atoms with Crippen LogP contribution in [0.2, 0.25) is 0 Å². The van der Waals surface area contributed by atoms with Gasteiger partial charge in [-0.2, -0.15) is 5.26 Å². The Bertz CT molecular complexity index is 572. The van der Waals surface area contributed by atoms with E-state index in [9.17, 15) is 0 Å². The van der Waals surface area contributed by atoms with Gasteiger partial charge >= 0.3 is 0 Å². The van der Waals surface area contributed by atoms with Crippen LogP contribution in [-0.2, 0) is 6.54 Å². The first kappa shape index (κ1) is 12.6. The Hall–Kier alpha value is -0.830. The Balaban J connectivity index is 2.08. The highest BCUT2D eigenvalue weighted by Gasteiger charge is 2.03. The molecule has 2 aromatic rings. The molecule has 5 heteroatoms. The molecule has 1 N–H and O–H groups in total. The second kappa shape index (κ2) is 5.67. The first-order valence-corrected chi connectivity index (χ1v) is 7.32. The molecule has 0 fully saturated rings. The zero-order chi connectivity index (χ0) is 12.3. The van der Waals surface area contributed by atoms with Gasteiger partial charge in [-0.05, 0) is 61.5 Å². The van der Waals surface area contributed by atoms with Gasteiger partial charge in [-0.3, -0.25) is 0 Å². The summed E-state index contributed by atoms with van der Waals surface area (Å²) in [6.07, 6.45) is 0. The molecule has 1 aromatic heterocycles. The van der Waals surface area contributed by atoms with Crippen LogP contribution in [0.25, 0.3) is 0 Å². The number of halogens is 2. The van der Waals surface area contributed by atoms with Crippen molar-refractivity contribution in [3.8, 4) is 6.07 Å². The lowest BCUT2D eigenvalue weighted by Crippen LogP contribution is -1.98. The van der Waals surface area contributed by atoms with Crippen LogP contribution in [0.4, 0.5) is 5.69 Å². The standard InChI is InChI=1S/C12H8Br2N2S/c13-10-3-4-17-12(10)7-16-9-2-1-8(6-15)11(14)5-9/h1-5,16H,7H2. The van der Waals surface area contributed by atoms with Crippen LogP contribution in [0.15, 0.2) is 38.6 Å². The highest BCUT2D eigenvalue weighted by atomic mass is 79.9. The van der Waals surface area contributed by atoms with Gasteiger partial charge in [-0.15, -0.1) is 11.3 Å². The van der Waals surface area contributed by atoms with Gasteiger partial charge in [0.1, 0.15) is 6.07 Å². The molecule has 17 heavy (non-hydrogen) atoms. The third kappa shape index (κ3) is 3.09. The maximum Gasteiger partial charge on any atom is 0.100 e. The molecule has 0 bridgehead atoms. The smallest absolute Gasteiger partial charge is 0.100 e. The summed E-state index contributed by atoms with van der Waals surface area (Å²) in [6, 6.07) is 9.78. The van der Waals surface area contributed by atoms with E-state index in [2.05, 4.69) is 48.6 Å². The largest absolute Gasteiger partial charge is 0.380 e. The Kier molecular flexibility index (Phi) is 4.21. The topological polar surface area (TPSA) is 35.8 Å². The van der Waals surface area contributed by atoms with E-state index in [1.54, 1.807) is 17.4 Å². The molecule has 1 heterocycles. The lowest BCUT2D eigenvalue weighted by atomic mass is 10.2. The van der Waals surface area contributed by atoms with Crippen LogP contribution >= 0.6 is 43.2 Å². The van der Waals surface area contributed by atoms with Crippen molar-refractivity contribution in [2.45, 2.75) is 6.54 Å². The van der Waals surface area contributed by atoms with E-state index in [0.717, 1.165) is 21.2 Å². The molecular weight excluding hydrogens is 364 g/mol. The van der Waals surface area contributed by atoms with E-state index in [-0.39, 0.29) is 0 Å². The summed E-state index contributed by atoms with van der Waals surface area (Å²) in [5.74, 6) is 0. The van der Waals surface area contributed by atoms with Gasteiger partial charge in [-0.25, -0.2) is 0 Å². The molecule has 0 aliphatic carbocycles. The van der Waals surface area contributed by atoms with Gasteiger partial charge in [0.05, 0.1) is 12.1 Å². The van der Waals surface area contributed by atoms with E-state index in [4.69, 9.17) is 5.26 Å². The Labute approximate surface area is 121 Å². The van der Waals surface area contributed by atoms with Crippen molar-refractivity contribution in [1.29, 1.82) is 5.26 Å². The molecule has 0 spiro atoms. The van der Waals surface area contributed by atoms with E-state index in [1.165, 1.54) is 4.88 Å². The predicted molar refractivity (Wildman–Crippen MR) is 78.2 cm³/mol. The molecule has 0 aliphatic rings. The van der Waals surface area contributed by atoms with Gasteiger partial charge < -0.3 is 5.32 Å². The first-order valence-electron chi connectivity index (χ1n) is 4.86. The minimum atomic E-state index is 0.646. The summed E-state index contributed by atoms with van der Waals surface area (Å²) >= 11 is 8.57. The molecule has 0 saturated heterocycles. The van der Waals surface area contributed by atoms with E-state index < -0.39 is 0 Å². The fourth-order valence-corrected chi connectivity index (χ4v) is 3.25. The molecule has 2 rings (SSSR count). The van der Waals surface area contributed by atoms with Crippen LogP contribution in [0.5, 0.6) is 0 Å². The maximum absolute atomic E-state index is 8.82. The molecule has 0 radical (unpaired) electrons. The number of nitriles is 1. The highest BCUT2D eigenvalue weighted by Crippen LogP contribution is 2.25. The van der Waals surface area contributed by atoms with Crippen LogP contribution in [0.3, 0.4) is 0 Å². The molecule has 1 aromatic carbocycles. The summed E-state index contributed by atoms with van der Waals surface area (Å²) in [5.41, 5.74) is 1.64. The van der Waals surface area contributed by atoms with Gasteiger partial charge in [0.2, 0.25) is 0 Å². The quantitative estimate of drug-likeness (QED) is 0.844. The SMILES string of the molecule is N#Cc1ccc(NCc2sccc2Br)cc1Br. The number of nitrogens with zero attached hydrogens (tertiary/aromatic N) is 1. The van der Waals surface area contributed by atoms with Crippen LogP contribution < -0.4 is 5.32 Å². The van der Waals surface area contributed by atoms with E-state index in [1.807, 2.05) is 18.2 Å². The van der Waals surface area contributed by atoms with E-state index >= 15 is 0 Å². The lowest BCUT2D eigenvalue weighted by molar-refractivity contribution is 1.18. The minimum Gasteiger partial charge on any atom is -0.380 e. The van der Waals surface area contributed by atoms with Gasteiger partial charge in [0, 0.05) is 19.5 Å². The summed E-state index contributed by atoms with van der Waals surface area (Å²) in [4.78, 5) is 1.26. The number of thiophene rings is 1. The second-order valence-electron chi connectivity index (χ2n) is 3.35. The molecule has 0 amide bonds. The first-order chi connectivity index (χ1) is 8.20. The van der Waals surface area contributed by atoms with Crippen molar-refractivity contribution in [2.24, 2.45) is 0 Å². The zero-order valence-electron chi connectivity index (χ0n) is 8.71. The summed E-state index contributed by atoms with van der Waals surface area (Å²) in [7, 11) is 0. The van der Waals surface area contributed by atoms with Crippen LogP contribution in [-0.4, -0.2) is 0 Å². The normalized spacial score (nSPS) is 9.94. The fourth-order valence-electron chi connectivity index (χ4n) is 1.35. The molecule has 2 nitrogen and oxygen atoms in total. The lowest BCUT2D eigenvalue weighted by Gasteiger charge is -2.06. The van der Waals surface area contributed by atoms with Gasteiger partial charge in [0.15, 0.2) is 0 Å². The number of rotatable bonds is 3. The van der Waals surface area contributed by atoms with Crippen molar-refractivity contribution in [1.82, 2.24) is 0 Å². The summed E-state index contributed by atoms with van der Waals surface area (Å²) in [5, 5.41) is 14.2. The van der Waals surface area contributed by atoms with Crippen molar-refractivity contribution in [3.05, 3.63) is 49.0 Å². The minimum absolute atomic E-state index is 0.646. The third-order valence-electron chi connectivity index (χ3n) is 2.23. The molecular formula is C12H8Br2N2S. The number of hydrogen-bond donors (Lipinski definition) is 1. The summed E-state index contributed by atoms with van der Waals surface area (Å²) in [6.45, 7) is 0.774. The van der Waals surface area contributed by atoms with Crippen LogP contribution in [0, 0.1) is 11.3 Å². The molecule has 0 saturated carbocycles. The van der Waals surface area contributed by atoms with E-state index in [0.29, 0.717) is 5.56 Å². The number of nitrogens with one attached hydrogen (secondary N) is 1. The highest BCUT2D eigenvalue weighted by molar-refractivity contribution is 9.10. The van der Waals surface area contributed by atoms with Crippen LogP contribution in [0.1, 0.15) is 10.4 Å². The zero-order valence-corrected chi connectivity index (χ0v) is 12.7. The Morgan fingerprint density at radius 3 is 2.65 bits per heavy atom. The fraction of sp³-hybridized carbons (Fsp3) is 0.0833. The van der Waals surface area contributed by atoms with Gasteiger partial charge in [-0.1, -0.05) is 0 Å². The second-order valence-corrected chi connectivity index (χ2v) is 6.06. The van der Waals surface area contributed by atoms with Crippen molar-refractivity contribution in [2.75, 3.05) is 5.32 Å². The Morgan fingerprint density at radius 2 is 2.06 bits per heavy atom. The molecule has 0 aliphatic heterocycles. The van der Waals surface area contributed by atoms with Gasteiger partial charge in [0.25, 0.3) is 0 Å². The average Bonchev–Trinajstić information content (AvgIpc) is 2.72. The van der Waals surface area contributed by atoms with Crippen molar-refractivity contribution >= 4 is 48.9 Å². The molecule has 0 atom stereocenters. The average molecular weight is 372 g/mol. The predicted octanol–water partition coefficient (Wildman–Crippen LogP) is 4.76. The molecule has 0 unspecified atom stereocenters. The number of hydrogen-bond acceptors (Lipinski definition) is 3. The Morgan fingerprint density at radius 1 is 1.24 bits per heavy atom. The third-order valence-corrected chi connectivity index (χ3v) is 4.82.